The number of carbonyl (C=O) groups is 2. The van der Waals surface area contributed by atoms with Crippen LogP contribution in [0.5, 0.6) is 5.75 Å². The monoisotopic (exact) mass is 224 g/mol. The van der Waals surface area contributed by atoms with Crippen molar-refractivity contribution in [1.29, 1.82) is 0 Å². The third-order valence-corrected chi connectivity index (χ3v) is 1.44. The summed E-state index contributed by atoms with van der Waals surface area (Å²) in [5.74, 6) is -2.20. The summed E-state index contributed by atoms with van der Waals surface area (Å²) in [6.45, 7) is 1.66. The highest BCUT2D eigenvalue weighted by atomic mass is 16.4. The molecule has 0 aliphatic heterocycles. The molecule has 16 heavy (non-hydrogen) atoms. The highest BCUT2D eigenvalue weighted by molar-refractivity contribution is 5.90. The van der Waals surface area contributed by atoms with Gasteiger partial charge in [-0.3, -0.25) is 0 Å². The molecule has 0 bridgehead atoms. The minimum atomic E-state index is -1.11. The lowest BCUT2D eigenvalue weighted by Gasteiger charge is -1.95. The molecule has 5 nitrogen and oxygen atoms in total. The topological polar surface area (TPSA) is 94.8 Å². The largest absolute Gasteiger partial charge is 0.507 e. The van der Waals surface area contributed by atoms with Crippen LogP contribution in [0, 0.1) is 0 Å². The van der Waals surface area contributed by atoms with Gasteiger partial charge in [0.05, 0.1) is 0 Å². The number of hydrogen-bond donors (Lipinski definition) is 3. The molecule has 3 N–H and O–H groups in total. The molecule has 1 aromatic rings. The number of hydrogen-bond acceptors (Lipinski definition) is 3. The van der Waals surface area contributed by atoms with E-state index in [4.69, 9.17) is 15.3 Å². The lowest BCUT2D eigenvalue weighted by Crippen LogP contribution is -1.95. The summed E-state index contributed by atoms with van der Waals surface area (Å²) in [5, 5.41) is 25.1. The van der Waals surface area contributed by atoms with Gasteiger partial charge in [0.1, 0.15) is 11.3 Å². The molecule has 0 saturated heterocycles. The Kier molecular flexibility index (Phi) is 6.04. The van der Waals surface area contributed by atoms with Crippen molar-refractivity contribution in [3.05, 3.63) is 42.0 Å². The van der Waals surface area contributed by atoms with E-state index in [0.717, 1.165) is 6.08 Å². The van der Waals surface area contributed by atoms with Crippen LogP contribution in [-0.4, -0.2) is 27.3 Å². The lowest BCUT2D eigenvalue weighted by atomic mass is 10.2. The van der Waals surface area contributed by atoms with Gasteiger partial charge in [-0.1, -0.05) is 18.2 Å². The smallest absolute Gasteiger partial charge is 0.339 e. The maximum absolute atomic E-state index is 10.3. The highest BCUT2D eigenvalue weighted by Gasteiger charge is 2.05. The first kappa shape index (κ1) is 13.7. The molecule has 5 heteroatoms. The number of phenols is 1. The van der Waals surface area contributed by atoms with Crippen LogP contribution in [0.2, 0.25) is 0 Å². The SMILES string of the molecule is CC=CC(=O)O.O=C(O)c1ccccc1O. The van der Waals surface area contributed by atoms with Crippen LogP contribution in [-0.2, 0) is 4.79 Å². The lowest BCUT2D eigenvalue weighted by molar-refractivity contribution is -0.131. The molecule has 0 aliphatic carbocycles. The van der Waals surface area contributed by atoms with Crippen LogP contribution >= 0.6 is 0 Å². The predicted octanol–water partition coefficient (Wildman–Crippen LogP) is 1.74. The molecule has 0 amide bonds. The van der Waals surface area contributed by atoms with Gasteiger partial charge in [0.25, 0.3) is 0 Å². The number of aromatic carboxylic acids is 1. The van der Waals surface area contributed by atoms with E-state index in [-0.39, 0.29) is 11.3 Å². The molecule has 86 valence electrons. The molecular formula is C11H12O5. The Hall–Kier alpha value is -2.30. The molecule has 0 fully saturated rings. The fraction of sp³-hybridized carbons (Fsp3) is 0.0909. The Bertz CT molecular complexity index is 395. The molecule has 0 spiro atoms. The molecule has 0 aliphatic rings. The standard InChI is InChI=1S/C7H6O3.C4H6O2/c8-6-4-2-1-3-5(6)7(9)10;1-2-3-4(5)6/h1-4,8H,(H,9,10);2-3H,1H3,(H,5,6). The van der Waals surface area contributed by atoms with Crippen LogP contribution < -0.4 is 0 Å². The van der Waals surface area contributed by atoms with Gasteiger partial charge in [0.2, 0.25) is 0 Å². The number of carboxylic acids is 2. The van der Waals surface area contributed by atoms with E-state index in [1.54, 1.807) is 19.1 Å². The zero-order valence-corrected chi connectivity index (χ0v) is 8.62. The number of carboxylic acid groups (broad SMARTS) is 2. The van der Waals surface area contributed by atoms with Gasteiger partial charge in [-0.05, 0) is 19.1 Å². The Morgan fingerprint density at radius 2 is 1.75 bits per heavy atom. The van der Waals surface area contributed by atoms with E-state index in [9.17, 15) is 9.59 Å². The first-order chi connectivity index (χ1) is 7.49. The fourth-order valence-electron chi connectivity index (χ4n) is 0.797. The Labute approximate surface area is 92.3 Å². The first-order valence-corrected chi connectivity index (χ1v) is 4.36. The zero-order valence-electron chi connectivity index (χ0n) is 8.62. The van der Waals surface area contributed by atoms with E-state index >= 15 is 0 Å². The minimum Gasteiger partial charge on any atom is -0.507 e. The van der Waals surface area contributed by atoms with Crippen molar-refractivity contribution in [2.45, 2.75) is 6.92 Å². The van der Waals surface area contributed by atoms with E-state index in [2.05, 4.69) is 0 Å². The summed E-state index contributed by atoms with van der Waals surface area (Å²) in [6, 6.07) is 5.81. The number of aromatic hydroxyl groups is 1. The number of rotatable bonds is 2. The minimum absolute atomic E-state index is 0.0671. The third-order valence-electron chi connectivity index (χ3n) is 1.44. The van der Waals surface area contributed by atoms with Gasteiger partial charge in [0, 0.05) is 6.08 Å². The van der Waals surface area contributed by atoms with Crippen molar-refractivity contribution >= 4 is 11.9 Å². The van der Waals surface area contributed by atoms with Crippen molar-refractivity contribution in [3.63, 3.8) is 0 Å². The molecule has 0 radical (unpaired) electrons. The number of allylic oxidation sites excluding steroid dienone is 1. The van der Waals surface area contributed by atoms with Crippen molar-refractivity contribution in [1.82, 2.24) is 0 Å². The molecule has 0 unspecified atom stereocenters. The Balaban J connectivity index is 0.000000325. The van der Waals surface area contributed by atoms with Gasteiger partial charge < -0.3 is 15.3 Å². The number of aliphatic carboxylic acids is 1. The summed E-state index contributed by atoms with van der Waals surface area (Å²) >= 11 is 0. The molecule has 0 atom stereocenters. The molecule has 1 aromatic carbocycles. The van der Waals surface area contributed by atoms with E-state index in [0.29, 0.717) is 0 Å². The summed E-state index contributed by atoms with van der Waals surface area (Å²) in [4.78, 5) is 19.8. The highest BCUT2D eigenvalue weighted by Crippen LogP contribution is 2.14. The maximum atomic E-state index is 10.3. The second-order valence-electron chi connectivity index (χ2n) is 2.66. The van der Waals surface area contributed by atoms with Crippen molar-refractivity contribution in [2.24, 2.45) is 0 Å². The van der Waals surface area contributed by atoms with Crippen molar-refractivity contribution in [2.75, 3.05) is 0 Å². The number of benzene rings is 1. The van der Waals surface area contributed by atoms with Crippen molar-refractivity contribution < 1.29 is 24.9 Å². The molecule has 0 heterocycles. The number of para-hydroxylation sites is 1. The normalized spacial score (nSPS) is 9.31. The average molecular weight is 224 g/mol. The van der Waals surface area contributed by atoms with Gasteiger partial charge >= 0.3 is 11.9 Å². The van der Waals surface area contributed by atoms with Crippen LogP contribution in [0.4, 0.5) is 0 Å². The second-order valence-corrected chi connectivity index (χ2v) is 2.66. The zero-order chi connectivity index (χ0) is 12.6. The second kappa shape index (κ2) is 7.05. The molecule has 0 aromatic heterocycles. The quantitative estimate of drug-likeness (QED) is 0.665. The average Bonchev–Trinajstić information content (AvgIpc) is 2.18. The van der Waals surface area contributed by atoms with Gasteiger partial charge in [-0.15, -0.1) is 0 Å². The van der Waals surface area contributed by atoms with Crippen LogP contribution in [0.3, 0.4) is 0 Å². The maximum Gasteiger partial charge on any atom is 0.339 e. The van der Waals surface area contributed by atoms with Gasteiger partial charge in [-0.2, -0.15) is 0 Å². The van der Waals surface area contributed by atoms with E-state index in [1.807, 2.05) is 0 Å². The van der Waals surface area contributed by atoms with Crippen LogP contribution in [0.15, 0.2) is 36.4 Å². The van der Waals surface area contributed by atoms with Crippen LogP contribution in [0.1, 0.15) is 17.3 Å². The summed E-state index contributed by atoms with van der Waals surface area (Å²) in [5.41, 5.74) is -0.0671. The van der Waals surface area contributed by atoms with Gasteiger partial charge in [-0.25, -0.2) is 9.59 Å². The Morgan fingerprint density at radius 1 is 1.19 bits per heavy atom. The predicted molar refractivity (Wildman–Crippen MR) is 57.5 cm³/mol. The molecular weight excluding hydrogens is 212 g/mol. The first-order valence-electron chi connectivity index (χ1n) is 4.36. The third kappa shape index (κ3) is 5.43. The van der Waals surface area contributed by atoms with E-state index < -0.39 is 11.9 Å². The molecule has 0 saturated carbocycles. The summed E-state index contributed by atoms with van der Waals surface area (Å²) in [6.07, 6.45) is 2.56. The summed E-state index contributed by atoms with van der Waals surface area (Å²) < 4.78 is 0. The van der Waals surface area contributed by atoms with Crippen molar-refractivity contribution in [3.8, 4) is 5.75 Å². The summed E-state index contributed by atoms with van der Waals surface area (Å²) in [7, 11) is 0. The molecule has 1 rings (SSSR count). The van der Waals surface area contributed by atoms with Gasteiger partial charge in [0.15, 0.2) is 0 Å². The fourth-order valence-corrected chi connectivity index (χ4v) is 0.797. The van der Waals surface area contributed by atoms with Crippen LogP contribution in [0.25, 0.3) is 0 Å². The Morgan fingerprint density at radius 3 is 2.00 bits per heavy atom. The van der Waals surface area contributed by atoms with E-state index in [1.165, 1.54) is 18.2 Å².